The van der Waals surface area contributed by atoms with Crippen molar-refractivity contribution in [2.45, 2.75) is 64.1 Å². The standard InChI is InChI=1S/C13H22NO3.Li/c1-4-16-11(15)14-12(2,3)10-17-13(14)8-6-5-7-9-13;/h4H,5-10H2,1-3H3;/q-1;+1. The van der Waals surface area contributed by atoms with Gasteiger partial charge in [0.15, 0.2) is 0 Å². The Kier molecular flexibility index (Phi) is 5.17. The first-order valence-corrected chi connectivity index (χ1v) is 6.45. The maximum atomic E-state index is 12.1. The van der Waals surface area contributed by atoms with Crippen molar-refractivity contribution in [2.24, 2.45) is 0 Å². The van der Waals surface area contributed by atoms with E-state index in [9.17, 15) is 4.79 Å². The molecule has 5 heteroatoms. The summed E-state index contributed by atoms with van der Waals surface area (Å²) in [7, 11) is 0. The van der Waals surface area contributed by atoms with Crippen molar-refractivity contribution in [3.8, 4) is 0 Å². The second-order valence-corrected chi connectivity index (χ2v) is 5.56. The summed E-state index contributed by atoms with van der Waals surface area (Å²) < 4.78 is 11.1. The van der Waals surface area contributed by atoms with E-state index in [4.69, 9.17) is 9.47 Å². The van der Waals surface area contributed by atoms with E-state index in [2.05, 4.69) is 0 Å². The van der Waals surface area contributed by atoms with Gasteiger partial charge in [0, 0.05) is 0 Å². The number of amides is 1. The van der Waals surface area contributed by atoms with E-state index in [1.54, 1.807) is 6.92 Å². The number of hydrogen-bond donors (Lipinski definition) is 0. The smallest absolute Gasteiger partial charge is 0.621 e. The molecule has 0 unspecified atom stereocenters. The maximum absolute atomic E-state index is 12.1. The fourth-order valence-electron chi connectivity index (χ4n) is 3.03. The van der Waals surface area contributed by atoms with Gasteiger partial charge in [-0.25, -0.2) is 4.79 Å². The molecule has 1 saturated heterocycles. The van der Waals surface area contributed by atoms with E-state index < -0.39 is 5.72 Å². The molecule has 1 aliphatic carbocycles. The Balaban J connectivity index is 0.00000162. The van der Waals surface area contributed by atoms with Crippen LogP contribution in [0.2, 0.25) is 0 Å². The maximum Gasteiger partial charge on any atom is 1.00 e. The zero-order valence-electron chi connectivity index (χ0n) is 12.0. The van der Waals surface area contributed by atoms with Gasteiger partial charge >= 0.3 is 25.0 Å². The predicted octanol–water partition coefficient (Wildman–Crippen LogP) is 0.0799. The molecule has 0 aromatic heterocycles. The normalized spacial score (nSPS) is 24.7. The zero-order chi connectivity index (χ0) is 12.5. The Morgan fingerprint density at radius 1 is 1.28 bits per heavy atom. The molecule has 1 aliphatic heterocycles. The molecule has 1 amide bonds. The van der Waals surface area contributed by atoms with Gasteiger partial charge in [-0.2, -0.15) is 13.5 Å². The molecule has 2 fully saturated rings. The molecule has 0 N–H and O–H groups in total. The molecule has 1 saturated carbocycles. The van der Waals surface area contributed by atoms with E-state index in [1.165, 1.54) is 13.0 Å². The summed E-state index contributed by atoms with van der Waals surface area (Å²) in [5, 5.41) is 0. The molecule has 4 nitrogen and oxygen atoms in total. The van der Waals surface area contributed by atoms with Crippen molar-refractivity contribution in [3.05, 3.63) is 6.61 Å². The summed E-state index contributed by atoms with van der Waals surface area (Å²) in [6.07, 6.45) is 5.04. The van der Waals surface area contributed by atoms with Gasteiger partial charge in [0.2, 0.25) is 0 Å². The number of carbonyl (C=O) groups is 1. The quantitative estimate of drug-likeness (QED) is 0.486. The summed E-state index contributed by atoms with van der Waals surface area (Å²) in [6.45, 7) is 7.81. The number of hydrogen-bond acceptors (Lipinski definition) is 3. The van der Waals surface area contributed by atoms with Crippen LogP contribution in [0.1, 0.15) is 52.9 Å². The van der Waals surface area contributed by atoms with Gasteiger partial charge in [0.25, 0.3) is 0 Å². The van der Waals surface area contributed by atoms with Crippen LogP contribution in [0, 0.1) is 6.61 Å². The van der Waals surface area contributed by atoms with Crippen LogP contribution in [0.3, 0.4) is 0 Å². The van der Waals surface area contributed by atoms with Crippen LogP contribution in [-0.2, 0) is 9.47 Å². The second kappa shape index (κ2) is 5.86. The van der Waals surface area contributed by atoms with Crippen molar-refractivity contribution in [1.82, 2.24) is 4.90 Å². The molecule has 0 aromatic rings. The summed E-state index contributed by atoms with van der Waals surface area (Å²) in [6, 6.07) is 0. The van der Waals surface area contributed by atoms with E-state index in [0.717, 1.165) is 25.7 Å². The van der Waals surface area contributed by atoms with E-state index in [0.29, 0.717) is 6.61 Å². The molecule has 0 atom stereocenters. The van der Waals surface area contributed by atoms with Crippen LogP contribution in [0.15, 0.2) is 0 Å². The first-order chi connectivity index (χ1) is 8.02. The van der Waals surface area contributed by atoms with Gasteiger partial charge in [0.05, 0.1) is 12.1 Å². The fraction of sp³-hybridized carbons (Fsp3) is 0.846. The van der Waals surface area contributed by atoms with Crippen molar-refractivity contribution in [1.29, 1.82) is 0 Å². The summed E-state index contributed by atoms with van der Waals surface area (Å²) >= 11 is 0. The Hall–Kier alpha value is -0.173. The number of nitrogens with zero attached hydrogens (tertiary/aromatic N) is 1. The van der Waals surface area contributed by atoms with E-state index >= 15 is 0 Å². The SMILES string of the molecule is C[CH-]OC(=O)N1C(C)(C)COC12CCCCC2.[Li+]. The van der Waals surface area contributed by atoms with Gasteiger partial charge in [-0.15, -0.1) is 0 Å². The minimum atomic E-state index is -0.415. The van der Waals surface area contributed by atoms with Crippen molar-refractivity contribution >= 4 is 6.09 Å². The molecule has 0 bridgehead atoms. The average Bonchev–Trinajstić information content (AvgIpc) is 2.52. The van der Waals surface area contributed by atoms with E-state index in [1.807, 2.05) is 18.7 Å². The average molecular weight is 247 g/mol. The van der Waals surface area contributed by atoms with Crippen molar-refractivity contribution < 1.29 is 33.1 Å². The molecular formula is C13H22LiNO3. The monoisotopic (exact) mass is 247 g/mol. The minimum absolute atomic E-state index is 0. The number of ether oxygens (including phenoxy) is 2. The number of carbonyl (C=O) groups excluding carboxylic acids is 1. The van der Waals surface area contributed by atoms with Crippen LogP contribution in [0.4, 0.5) is 4.79 Å². The van der Waals surface area contributed by atoms with Crippen LogP contribution in [0.5, 0.6) is 0 Å². The molecule has 98 valence electrons. The third-order valence-electron chi connectivity index (χ3n) is 3.74. The first-order valence-electron chi connectivity index (χ1n) is 6.45. The van der Waals surface area contributed by atoms with E-state index in [-0.39, 0.29) is 30.5 Å². The first kappa shape index (κ1) is 15.9. The predicted molar refractivity (Wildman–Crippen MR) is 64.1 cm³/mol. The van der Waals surface area contributed by atoms with Gasteiger partial charge in [-0.3, -0.25) is 4.90 Å². The second-order valence-electron chi connectivity index (χ2n) is 5.56. The van der Waals surface area contributed by atoms with Gasteiger partial charge < -0.3 is 9.47 Å². The van der Waals surface area contributed by atoms with Crippen molar-refractivity contribution in [2.75, 3.05) is 6.61 Å². The zero-order valence-corrected chi connectivity index (χ0v) is 12.0. The third kappa shape index (κ3) is 2.71. The molecular weight excluding hydrogens is 225 g/mol. The van der Waals surface area contributed by atoms with Crippen LogP contribution >= 0.6 is 0 Å². The Labute approximate surface area is 122 Å². The molecule has 0 aromatic carbocycles. The van der Waals surface area contributed by atoms with Gasteiger partial charge in [-0.1, -0.05) is 6.42 Å². The van der Waals surface area contributed by atoms with Gasteiger partial charge in [-0.05, 0) is 39.5 Å². The Morgan fingerprint density at radius 2 is 1.89 bits per heavy atom. The summed E-state index contributed by atoms with van der Waals surface area (Å²) in [4.78, 5) is 13.9. The summed E-state index contributed by atoms with van der Waals surface area (Å²) in [5.41, 5.74) is -0.695. The van der Waals surface area contributed by atoms with Gasteiger partial charge in [0.1, 0.15) is 5.72 Å². The molecule has 18 heavy (non-hydrogen) atoms. The Morgan fingerprint density at radius 3 is 2.44 bits per heavy atom. The fourth-order valence-corrected chi connectivity index (χ4v) is 3.03. The number of rotatable bonds is 1. The third-order valence-corrected chi connectivity index (χ3v) is 3.74. The van der Waals surface area contributed by atoms with Crippen LogP contribution in [0.25, 0.3) is 0 Å². The summed E-state index contributed by atoms with van der Waals surface area (Å²) in [5.74, 6) is 0. The molecule has 2 aliphatic rings. The topological polar surface area (TPSA) is 38.8 Å². The molecule has 2 rings (SSSR count). The molecule has 0 radical (unpaired) electrons. The van der Waals surface area contributed by atoms with Crippen LogP contribution < -0.4 is 18.9 Å². The molecule has 1 spiro atoms. The largest absolute Gasteiger partial charge is 1.00 e. The minimum Gasteiger partial charge on any atom is -0.621 e. The van der Waals surface area contributed by atoms with Crippen molar-refractivity contribution in [3.63, 3.8) is 0 Å². The molecule has 1 heterocycles. The van der Waals surface area contributed by atoms with Crippen LogP contribution in [-0.4, -0.2) is 28.9 Å². The Bertz CT molecular complexity index is 301.